The zero-order chi connectivity index (χ0) is 18.4. The lowest BCUT2D eigenvalue weighted by atomic mass is 9.92. The van der Waals surface area contributed by atoms with Gasteiger partial charge in [0.05, 0.1) is 11.9 Å². The monoisotopic (exact) mass is 369 g/mol. The van der Waals surface area contributed by atoms with Crippen LogP contribution >= 0.6 is 0 Å². The number of halogens is 2. The molecule has 1 saturated carbocycles. The van der Waals surface area contributed by atoms with Crippen LogP contribution in [0.25, 0.3) is 27.9 Å². The highest BCUT2D eigenvalue weighted by atomic mass is 19.3. The van der Waals surface area contributed by atoms with Gasteiger partial charge in [0.15, 0.2) is 5.65 Å². The summed E-state index contributed by atoms with van der Waals surface area (Å²) in [6.45, 7) is 0. The predicted molar refractivity (Wildman–Crippen MR) is 96.7 cm³/mol. The van der Waals surface area contributed by atoms with Crippen molar-refractivity contribution < 1.29 is 8.78 Å². The number of hydrogen-bond donors (Lipinski definition) is 2. The SMILES string of the molecule is FC1(F)CCC(Nc2ncc3c(-c4ccn5nccc5n4)c[nH]c3n2)CC1. The number of hydrogen-bond acceptors (Lipinski definition) is 5. The van der Waals surface area contributed by atoms with Gasteiger partial charge < -0.3 is 10.3 Å². The summed E-state index contributed by atoms with van der Waals surface area (Å²) in [7, 11) is 0. The Bertz CT molecular complexity index is 1110. The van der Waals surface area contributed by atoms with Crippen molar-refractivity contribution >= 4 is 22.6 Å². The lowest BCUT2D eigenvalue weighted by Gasteiger charge is -2.28. The van der Waals surface area contributed by atoms with Gasteiger partial charge in [-0.3, -0.25) is 0 Å². The Morgan fingerprint density at radius 1 is 1.19 bits per heavy atom. The Kier molecular flexibility index (Phi) is 3.56. The minimum atomic E-state index is -2.54. The minimum absolute atomic E-state index is 0.0255. The van der Waals surface area contributed by atoms with Crippen molar-refractivity contribution in [1.29, 1.82) is 0 Å². The van der Waals surface area contributed by atoms with Gasteiger partial charge in [-0.2, -0.15) is 10.1 Å². The Morgan fingerprint density at radius 2 is 2.04 bits per heavy atom. The smallest absolute Gasteiger partial charge is 0.248 e. The van der Waals surface area contributed by atoms with Crippen molar-refractivity contribution in [3.8, 4) is 11.3 Å². The molecule has 0 amide bonds. The third-order valence-electron chi connectivity index (χ3n) is 5.02. The second-order valence-electron chi connectivity index (χ2n) is 6.88. The molecular weight excluding hydrogens is 352 g/mol. The van der Waals surface area contributed by atoms with Crippen LogP contribution in [0.1, 0.15) is 25.7 Å². The molecule has 0 atom stereocenters. The Morgan fingerprint density at radius 3 is 2.89 bits per heavy atom. The van der Waals surface area contributed by atoms with Crippen LogP contribution in [0.15, 0.2) is 36.9 Å². The van der Waals surface area contributed by atoms with E-state index in [4.69, 9.17) is 0 Å². The van der Waals surface area contributed by atoms with E-state index in [1.807, 2.05) is 24.5 Å². The summed E-state index contributed by atoms with van der Waals surface area (Å²) in [5.41, 5.74) is 3.14. The molecule has 2 N–H and O–H groups in total. The Hall–Kier alpha value is -3.10. The highest BCUT2D eigenvalue weighted by Crippen LogP contribution is 2.34. The molecule has 4 heterocycles. The first-order chi connectivity index (χ1) is 13.1. The molecule has 0 radical (unpaired) electrons. The van der Waals surface area contributed by atoms with Gasteiger partial charge in [0.25, 0.3) is 0 Å². The number of H-pyrrole nitrogens is 1. The number of nitrogens with zero attached hydrogens (tertiary/aromatic N) is 5. The van der Waals surface area contributed by atoms with E-state index in [0.717, 1.165) is 22.3 Å². The standard InChI is InChI=1S/C18H17F2N7/c19-18(20)5-1-11(2-6-18)24-17-22-10-13-12(9-21-16(13)26-17)14-4-8-27-15(25-14)3-7-23-27/h3-4,7-11H,1-2,5-6H2,(H2,21,22,24,26). The zero-order valence-corrected chi connectivity index (χ0v) is 14.4. The largest absolute Gasteiger partial charge is 0.351 e. The fraction of sp³-hybridized carbons (Fsp3) is 0.333. The van der Waals surface area contributed by atoms with Crippen LogP contribution in [-0.2, 0) is 0 Å². The lowest BCUT2D eigenvalue weighted by molar-refractivity contribution is -0.0361. The maximum Gasteiger partial charge on any atom is 0.248 e. The van der Waals surface area contributed by atoms with E-state index in [-0.39, 0.29) is 18.9 Å². The molecule has 1 aliphatic carbocycles. The van der Waals surface area contributed by atoms with Gasteiger partial charge in [-0.15, -0.1) is 0 Å². The second-order valence-corrected chi connectivity index (χ2v) is 6.88. The number of anilines is 1. The van der Waals surface area contributed by atoms with Crippen LogP contribution in [0, 0.1) is 0 Å². The van der Waals surface area contributed by atoms with Gasteiger partial charge in [-0.1, -0.05) is 0 Å². The molecule has 5 rings (SSSR count). The molecule has 9 heteroatoms. The molecule has 0 bridgehead atoms. The Labute approximate surface area is 152 Å². The highest BCUT2D eigenvalue weighted by molar-refractivity contribution is 5.92. The van der Waals surface area contributed by atoms with E-state index in [2.05, 4.69) is 30.4 Å². The molecule has 4 aromatic heterocycles. The maximum absolute atomic E-state index is 13.3. The van der Waals surface area contributed by atoms with Crippen molar-refractivity contribution in [2.24, 2.45) is 0 Å². The van der Waals surface area contributed by atoms with Crippen molar-refractivity contribution in [2.45, 2.75) is 37.6 Å². The van der Waals surface area contributed by atoms with E-state index in [9.17, 15) is 8.78 Å². The number of fused-ring (bicyclic) bond motifs is 2. The van der Waals surface area contributed by atoms with Crippen LogP contribution in [0.2, 0.25) is 0 Å². The molecular formula is C18H17F2N7. The zero-order valence-electron chi connectivity index (χ0n) is 14.4. The van der Waals surface area contributed by atoms with Gasteiger partial charge >= 0.3 is 0 Å². The fourth-order valence-electron chi connectivity index (χ4n) is 3.52. The topological polar surface area (TPSA) is 83.8 Å². The molecule has 1 fully saturated rings. The van der Waals surface area contributed by atoms with E-state index < -0.39 is 5.92 Å². The average molecular weight is 369 g/mol. The summed E-state index contributed by atoms with van der Waals surface area (Å²) in [6, 6.07) is 3.70. The van der Waals surface area contributed by atoms with Crippen molar-refractivity contribution in [3.63, 3.8) is 0 Å². The van der Waals surface area contributed by atoms with Crippen molar-refractivity contribution in [1.82, 2.24) is 29.5 Å². The van der Waals surface area contributed by atoms with Gasteiger partial charge in [-0.25, -0.2) is 23.3 Å². The second kappa shape index (κ2) is 5.97. The summed E-state index contributed by atoms with van der Waals surface area (Å²) in [5.74, 6) is -2.09. The van der Waals surface area contributed by atoms with Crippen LogP contribution in [0.4, 0.5) is 14.7 Å². The van der Waals surface area contributed by atoms with E-state index >= 15 is 0 Å². The van der Waals surface area contributed by atoms with E-state index in [1.165, 1.54) is 0 Å². The predicted octanol–water partition coefficient (Wildman–Crippen LogP) is 3.66. The van der Waals surface area contributed by atoms with E-state index in [1.54, 1.807) is 16.9 Å². The summed E-state index contributed by atoms with van der Waals surface area (Å²) in [5, 5.41) is 8.18. The fourth-order valence-corrected chi connectivity index (χ4v) is 3.52. The normalized spacial score (nSPS) is 17.6. The number of nitrogens with one attached hydrogen (secondary N) is 2. The highest BCUT2D eigenvalue weighted by Gasteiger charge is 2.35. The van der Waals surface area contributed by atoms with Crippen molar-refractivity contribution in [2.75, 3.05) is 5.32 Å². The molecule has 4 aromatic rings. The minimum Gasteiger partial charge on any atom is -0.351 e. The molecule has 1 aliphatic rings. The number of alkyl halides is 2. The first kappa shape index (κ1) is 16.1. The van der Waals surface area contributed by atoms with Crippen LogP contribution in [0.3, 0.4) is 0 Å². The Balaban J connectivity index is 1.41. The first-order valence-electron chi connectivity index (χ1n) is 8.87. The molecule has 138 valence electrons. The molecule has 7 nitrogen and oxygen atoms in total. The van der Waals surface area contributed by atoms with Crippen LogP contribution < -0.4 is 5.32 Å². The summed E-state index contributed by atoms with van der Waals surface area (Å²) >= 11 is 0. The van der Waals surface area contributed by atoms with Gasteiger partial charge in [0.2, 0.25) is 11.9 Å². The number of aromatic nitrogens is 6. The van der Waals surface area contributed by atoms with E-state index in [0.29, 0.717) is 24.4 Å². The quantitative estimate of drug-likeness (QED) is 0.576. The molecule has 27 heavy (non-hydrogen) atoms. The average Bonchev–Trinajstić information content (AvgIpc) is 3.29. The van der Waals surface area contributed by atoms with Gasteiger partial charge in [-0.05, 0) is 18.9 Å². The molecule has 0 spiro atoms. The van der Waals surface area contributed by atoms with Gasteiger partial charge in [0, 0.05) is 54.5 Å². The lowest BCUT2D eigenvalue weighted by Crippen LogP contribution is -2.32. The summed E-state index contributed by atoms with van der Waals surface area (Å²) in [4.78, 5) is 16.6. The molecule has 0 unspecified atom stereocenters. The third kappa shape index (κ3) is 2.98. The summed E-state index contributed by atoms with van der Waals surface area (Å²) < 4.78 is 28.3. The van der Waals surface area contributed by atoms with Crippen LogP contribution in [-0.4, -0.2) is 41.5 Å². The van der Waals surface area contributed by atoms with Crippen LogP contribution in [0.5, 0.6) is 0 Å². The maximum atomic E-state index is 13.3. The van der Waals surface area contributed by atoms with Gasteiger partial charge in [0.1, 0.15) is 5.65 Å². The third-order valence-corrected chi connectivity index (χ3v) is 5.02. The molecule has 0 aliphatic heterocycles. The number of rotatable bonds is 3. The molecule has 0 aromatic carbocycles. The first-order valence-corrected chi connectivity index (χ1v) is 8.87. The number of aromatic amines is 1. The van der Waals surface area contributed by atoms with Crippen molar-refractivity contribution in [3.05, 3.63) is 36.9 Å². The summed E-state index contributed by atoms with van der Waals surface area (Å²) in [6.07, 6.45) is 7.77. The molecule has 0 saturated heterocycles.